The van der Waals surface area contributed by atoms with Gasteiger partial charge in [-0.3, -0.25) is 4.79 Å². The topological polar surface area (TPSA) is 88.2 Å². The van der Waals surface area contributed by atoms with Gasteiger partial charge in [0.25, 0.3) is 0 Å². The van der Waals surface area contributed by atoms with Gasteiger partial charge in [-0.2, -0.15) is 4.72 Å². The largest absolute Gasteiger partial charge is 0.301 e. The van der Waals surface area contributed by atoms with Crippen LogP contribution in [0.25, 0.3) is 10.2 Å². The number of halogens is 1. The number of aromatic nitrogens is 1. The lowest BCUT2D eigenvalue weighted by molar-refractivity contribution is -0.118. The van der Waals surface area contributed by atoms with Crippen molar-refractivity contribution in [3.63, 3.8) is 0 Å². The van der Waals surface area contributed by atoms with Gasteiger partial charge in [0, 0.05) is 5.02 Å². The number of carbonyl (C=O) groups excluding carboxylic acids is 1. The van der Waals surface area contributed by atoms with Gasteiger partial charge in [-0.25, -0.2) is 13.4 Å². The summed E-state index contributed by atoms with van der Waals surface area (Å²) in [6, 6.07) is 12.5. The zero-order valence-corrected chi connectivity index (χ0v) is 17.0. The number of hydrogen-bond donors (Lipinski definition) is 2. The van der Waals surface area contributed by atoms with E-state index in [1.807, 2.05) is 24.3 Å². The molecule has 1 amide bonds. The average molecular weight is 424 g/mol. The standard InChI is InChI=1S/C18H18ClN3O3S2/c1-11(2)16(22-27(24,25)13-7-5-6-12(19)10-13)17(23)21-18-20-14-8-3-4-9-15(14)26-18/h3-11,16,22H,1-2H3,(H,20,21,23). The molecule has 2 aromatic carbocycles. The van der Waals surface area contributed by atoms with Gasteiger partial charge < -0.3 is 5.32 Å². The second-order valence-electron chi connectivity index (χ2n) is 6.28. The second kappa shape index (κ2) is 7.93. The predicted molar refractivity (Wildman–Crippen MR) is 109 cm³/mol. The number of para-hydroxylation sites is 1. The normalized spacial score (nSPS) is 13.0. The summed E-state index contributed by atoms with van der Waals surface area (Å²) >= 11 is 7.21. The van der Waals surface area contributed by atoms with Crippen LogP contribution < -0.4 is 10.0 Å². The van der Waals surface area contributed by atoms with Crippen LogP contribution in [-0.4, -0.2) is 25.4 Å². The molecule has 0 spiro atoms. The summed E-state index contributed by atoms with van der Waals surface area (Å²) in [4.78, 5) is 17.1. The van der Waals surface area contributed by atoms with E-state index >= 15 is 0 Å². The third-order valence-electron chi connectivity index (χ3n) is 3.86. The van der Waals surface area contributed by atoms with Gasteiger partial charge >= 0.3 is 0 Å². The van der Waals surface area contributed by atoms with Gasteiger partial charge in [0.15, 0.2) is 5.13 Å². The highest BCUT2D eigenvalue weighted by molar-refractivity contribution is 7.89. The highest BCUT2D eigenvalue weighted by atomic mass is 35.5. The van der Waals surface area contributed by atoms with Crippen LogP contribution in [0.1, 0.15) is 13.8 Å². The van der Waals surface area contributed by atoms with Crippen LogP contribution in [0.3, 0.4) is 0 Å². The minimum absolute atomic E-state index is 0.00781. The molecule has 0 fully saturated rings. The summed E-state index contributed by atoms with van der Waals surface area (Å²) in [7, 11) is -3.90. The van der Waals surface area contributed by atoms with Gasteiger partial charge in [0.2, 0.25) is 15.9 Å². The number of sulfonamides is 1. The molecule has 142 valence electrons. The van der Waals surface area contributed by atoms with E-state index < -0.39 is 22.0 Å². The molecule has 1 unspecified atom stereocenters. The van der Waals surface area contributed by atoms with Crippen LogP contribution >= 0.6 is 22.9 Å². The highest BCUT2D eigenvalue weighted by Crippen LogP contribution is 2.26. The molecule has 1 aromatic heterocycles. The molecule has 0 saturated carbocycles. The Morgan fingerprint density at radius 3 is 2.56 bits per heavy atom. The Balaban J connectivity index is 1.81. The molecule has 0 saturated heterocycles. The van der Waals surface area contributed by atoms with Crippen molar-refractivity contribution in [2.24, 2.45) is 5.92 Å². The van der Waals surface area contributed by atoms with E-state index in [0.29, 0.717) is 10.2 Å². The van der Waals surface area contributed by atoms with Gasteiger partial charge in [-0.1, -0.05) is 55.0 Å². The minimum atomic E-state index is -3.90. The molecular formula is C18H18ClN3O3S2. The number of nitrogens with zero attached hydrogens (tertiary/aromatic N) is 1. The van der Waals surface area contributed by atoms with Crippen LogP contribution in [0.4, 0.5) is 5.13 Å². The van der Waals surface area contributed by atoms with Gasteiger partial charge in [-0.15, -0.1) is 0 Å². The van der Waals surface area contributed by atoms with Crippen molar-refractivity contribution in [1.29, 1.82) is 0 Å². The van der Waals surface area contributed by atoms with Crippen LogP contribution in [0.15, 0.2) is 53.4 Å². The summed E-state index contributed by atoms with van der Waals surface area (Å²) < 4.78 is 28.7. The van der Waals surface area contributed by atoms with Crippen molar-refractivity contribution in [1.82, 2.24) is 9.71 Å². The van der Waals surface area contributed by atoms with Crippen molar-refractivity contribution < 1.29 is 13.2 Å². The number of carbonyl (C=O) groups is 1. The number of thiazole rings is 1. The average Bonchev–Trinajstić information content (AvgIpc) is 3.01. The number of fused-ring (bicyclic) bond motifs is 1. The first-order chi connectivity index (χ1) is 12.8. The highest BCUT2D eigenvalue weighted by Gasteiger charge is 2.29. The Morgan fingerprint density at radius 1 is 1.15 bits per heavy atom. The Morgan fingerprint density at radius 2 is 1.89 bits per heavy atom. The quantitative estimate of drug-likeness (QED) is 0.629. The SMILES string of the molecule is CC(C)C(NS(=O)(=O)c1cccc(Cl)c1)C(=O)Nc1nc2ccccc2s1. The fourth-order valence-corrected chi connectivity index (χ4v) is 4.98. The first kappa shape index (κ1) is 19.8. The number of rotatable bonds is 6. The van der Waals surface area contributed by atoms with Crippen LogP contribution in [0, 0.1) is 5.92 Å². The van der Waals surface area contributed by atoms with E-state index in [-0.39, 0.29) is 10.8 Å². The van der Waals surface area contributed by atoms with Crippen molar-refractivity contribution in [3.05, 3.63) is 53.6 Å². The van der Waals surface area contributed by atoms with E-state index in [1.54, 1.807) is 26.0 Å². The molecule has 0 aliphatic carbocycles. The Bertz CT molecular complexity index is 1050. The van der Waals surface area contributed by atoms with Crippen LogP contribution in [0.2, 0.25) is 5.02 Å². The maximum absolute atomic E-state index is 12.7. The minimum Gasteiger partial charge on any atom is -0.301 e. The number of hydrogen-bond acceptors (Lipinski definition) is 5. The van der Waals surface area contributed by atoms with Crippen LogP contribution in [0.5, 0.6) is 0 Å². The number of benzene rings is 2. The number of amides is 1. The molecule has 9 heteroatoms. The zero-order valence-electron chi connectivity index (χ0n) is 14.6. The molecule has 1 atom stereocenters. The summed E-state index contributed by atoms with van der Waals surface area (Å²) in [5, 5.41) is 3.44. The Labute approximate surface area is 166 Å². The lowest BCUT2D eigenvalue weighted by Gasteiger charge is -2.21. The van der Waals surface area contributed by atoms with Gasteiger partial charge in [0.1, 0.15) is 6.04 Å². The smallest absolute Gasteiger partial charge is 0.244 e. The summed E-state index contributed by atoms with van der Waals surface area (Å²) in [6.45, 7) is 3.53. The molecule has 0 aliphatic heterocycles. The van der Waals surface area contributed by atoms with E-state index in [4.69, 9.17) is 11.6 Å². The molecule has 6 nitrogen and oxygen atoms in total. The molecule has 27 heavy (non-hydrogen) atoms. The first-order valence-electron chi connectivity index (χ1n) is 8.20. The molecule has 3 aromatic rings. The van der Waals surface area contributed by atoms with E-state index in [0.717, 1.165) is 10.2 Å². The zero-order chi connectivity index (χ0) is 19.6. The second-order valence-corrected chi connectivity index (χ2v) is 9.46. The molecule has 0 bridgehead atoms. The molecule has 2 N–H and O–H groups in total. The molecule has 0 radical (unpaired) electrons. The monoisotopic (exact) mass is 423 g/mol. The third kappa shape index (κ3) is 4.65. The summed E-state index contributed by atoms with van der Waals surface area (Å²) in [6.07, 6.45) is 0. The fraction of sp³-hybridized carbons (Fsp3) is 0.222. The molecular weight excluding hydrogens is 406 g/mol. The third-order valence-corrected chi connectivity index (χ3v) is 6.49. The number of nitrogens with one attached hydrogen (secondary N) is 2. The van der Waals surface area contributed by atoms with Gasteiger partial charge in [-0.05, 0) is 36.2 Å². The fourth-order valence-electron chi connectivity index (χ4n) is 2.47. The van der Waals surface area contributed by atoms with Crippen molar-refractivity contribution >= 4 is 54.2 Å². The van der Waals surface area contributed by atoms with Crippen LogP contribution in [-0.2, 0) is 14.8 Å². The van der Waals surface area contributed by atoms with E-state index in [9.17, 15) is 13.2 Å². The van der Waals surface area contributed by atoms with Crippen molar-refractivity contribution in [3.8, 4) is 0 Å². The Hall–Kier alpha value is -2.00. The predicted octanol–water partition coefficient (Wildman–Crippen LogP) is 3.89. The summed E-state index contributed by atoms with van der Waals surface area (Å²) in [5.74, 6) is -0.733. The van der Waals surface area contributed by atoms with E-state index in [1.165, 1.54) is 23.5 Å². The lowest BCUT2D eigenvalue weighted by atomic mass is 10.1. The maximum Gasteiger partial charge on any atom is 0.244 e. The summed E-state index contributed by atoms with van der Waals surface area (Å²) in [5.41, 5.74) is 0.776. The molecule has 3 rings (SSSR count). The molecule has 1 heterocycles. The molecule has 0 aliphatic rings. The van der Waals surface area contributed by atoms with E-state index in [2.05, 4.69) is 15.0 Å². The first-order valence-corrected chi connectivity index (χ1v) is 10.9. The van der Waals surface area contributed by atoms with Crippen molar-refractivity contribution in [2.45, 2.75) is 24.8 Å². The van der Waals surface area contributed by atoms with Gasteiger partial charge in [0.05, 0.1) is 15.1 Å². The van der Waals surface area contributed by atoms with Crippen molar-refractivity contribution in [2.75, 3.05) is 5.32 Å². The number of anilines is 1. The lowest BCUT2D eigenvalue weighted by Crippen LogP contribution is -2.47. The maximum atomic E-state index is 12.7. The Kier molecular flexibility index (Phi) is 5.81.